The quantitative estimate of drug-likeness (QED) is 0.848. The number of carboxylic acid groups (broad SMARTS) is 1. The van der Waals surface area contributed by atoms with Gasteiger partial charge in [-0.05, 0) is 30.3 Å². The third-order valence-electron chi connectivity index (χ3n) is 3.32. The molecule has 1 aliphatic heterocycles. The molecule has 0 aliphatic carbocycles. The summed E-state index contributed by atoms with van der Waals surface area (Å²) in [6.07, 6.45) is 0.667. The van der Waals surface area contributed by atoms with E-state index in [0.717, 1.165) is 17.0 Å². The van der Waals surface area contributed by atoms with E-state index in [9.17, 15) is 4.79 Å². The number of hydrazone groups is 1. The summed E-state index contributed by atoms with van der Waals surface area (Å²) in [5.41, 5.74) is 5.23. The van der Waals surface area contributed by atoms with Crippen molar-refractivity contribution in [2.24, 2.45) is 5.10 Å². The minimum absolute atomic E-state index is 0.152. The van der Waals surface area contributed by atoms with Crippen LogP contribution in [0.2, 0.25) is 5.02 Å². The van der Waals surface area contributed by atoms with Gasteiger partial charge < -0.3 is 9.84 Å². The summed E-state index contributed by atoms with van der Waals surface area (Å²) in [5.74, 6) is -0.219. The topological polar surface area (TPSA) is 70.9 Å². The van der Waals surface area contributed by atoms with E-state index in [-0.39, 0.29) is 5.56 Å². The molecule has 2 aromatic carbocycles. The van der Waals surface area contributed by atoms with Crippen LogP contribution in [0.25, 0.3) is 0 Å². The number of para-hydroxylation sites is 1. The maximum absolute atomic E-state index is 11.0. The van der Waals surface area contributed by atoms with E-state index in [2.05, 4.69) is 10.5 Å². The standard InChI is InChI=1S/C16H13ClN2O3/c17-12-6-5-10(16(20)21)9-14(12)19-18-13-7-8-22-15-4-2-1-3-11(13)15/h1-6,9,19H,7-8H2,(H,20,21). The minimum atomic E-state index is -1.01. The number of ether oxygens (including phenoxy) is 1. The Bertz CT molecular complexity index is 759. The molecule has 0 unspecified atom stereocenters. The highest BCUT2D eigenvalue weighted by Crippen LogP contribution is 2.26. The number of benzene rings is 2. The minimum Gasteiger partial charge on any atom is -0.492 e. The number of aromatic carboxylic acids is 1. The van der Waals surface area contributed by atoms with Crippen molar-refractivity contribution in [3.05, 3.63) is 58.6 Å². The van der Waals surface area contributed by atoms with Crippen molar-refractivity contribution >= 4 is 29.0 Å². The molecule has 1 aliphatic rings. The second kappa shape index (κ2) is 6.07. The number of rotatable bonds is 3. The summed E-state index contributed by atoms with van der Waals surface area (Å²) in [6, 6.07) is 12.1. The molecule has 0 atom stereocenters. The average Bonchev–Trinajstić information content (AvgIpc) is 2.54. The lowest BCUT2D eigenvalue weighted by atomic mass is 10.0. The van der Waals surface area contributed by atoms with Crippen LogP contribution in [-0.2, 0) is 0 Å². The lowest BCUT2D eigenvalue weighted by Crippen LogP contribution is -2.17. The van der Waals surface area contributed by atoms with E-state index in [0.29, 0.717) is 23.7 Å². The number of anilines is 1. The number of hydrogen-bond acceptors (Lipinski definition) is 4. The smallest absolute Gasteiger partial charge is 0.335 e. The number of fused-ring (bicyclic) bond motifs is 1. The Labute approximate surface area is 132 Å². The van der Waals surface area contributed by atoms with Crippen molar-refractivity contribution in [1.82, 2.24) is 0 Å². The van der Waals surface area contributed by atoms with Gasteiger partial charge in [0.05, 0.1) is 28.6 Å². The summed E-state index contributed by atoms with van der Waals surface area (Å²) < 4.78 is 5.57. The largest absolute Gasteiger partial charge is 0.492 e. The molecule has 0 amide bonds. The van der Waals surface area contributed by atoms with Crippen molar-refractivity contribution in [1.29, 1.82) is 0 Å². The zero-order chi connectivity index (χ0) is 15.5. The van der Waals surface area contributed by atoms with Crippen LogP contribution >= 0.6 is 11.6 Å². The maximum Gasteiger partial charge on any atom is 0.335 e. The third-order valence-corrected chi connectivity index (χ3v) is 3.65. The maximum atomic E-state index is 11.0. The molecule has 2 aromatic rings. The number of hydrogen-bond donors (Lipinski definition) is 2. The first-order valence-corrected chi connectivity index (χ1v) is 7.10. The van der Waals surface area contributed by atoms with Crippen molar-refractivity contribution in [3.63, 3.8) is 0 Å². The van der Waals surface area contributed by atoms with Crippen LogP contribution in [0.4, 0.5) is 5.69 Å². The molecule has 2 N–H and O–H groups in total. The molecular formula is C16H13ClN2O3. The second-order valence-electron chi connectivity index (χ2n) is 4.76. The van der Waals surface area contributed by atoms with Gasteiger partial charge in [0.1, 0.15) is 5.75 Å². The molecular weight excluding hydrogens is 304 g/mol. The highest BCUT2D eigenvalue weighted by molar-refractivity contribution is 6.33. The fraction of sp³-hybridized carbons (Fsp3) is 0.125. The molecule has 0 saturated carbocycles. The van der Waals surface area contributed by atoms with Crippen molar-refractivity contribution in [2.45, 2.75) is 6.42 Å². The van der Waals surface area contributed by atoms with Crippen LogP contribution in [-0.4, -0.2) is 23.4 Å². The summed E-state index contributed by atoms with van der Waals surface area (Å²) in [7, 11) is 0. The predicted octanol–water partition coefficient (Wildman–Crippen LogP) is 3.64. The third kappa shape index (κ3) is 2.89. The van der Waals surface area contributed by atoms with Crippen LogP contribution in [0.1, 0.15) is 22.3 Å². The van der Waals surface area contributed by atoms with Crippen LogP contribution in [0.5, 0.6) is 5.75 Å². The molecule has 1 heterocycles. The Morgan fingerprint density at radius 3 is 2.91 bits per heavy atom. The van der Waals surface area contributed by atoms with Crippen LogP contribution < -0.4 is 10.2 Å². The zero-order valence-electron chi connectivity index (χ0n) is 11.5. The van der Waals surface area contributed by atoms with E-state index in [1.165, 1.54) is 18.2 Å². The van der Waals surface area contributed by atoms with Crippen LogP contribution in [0.3, 0.4) is 0 Å². The molecule has 0 radical (unpaired) electrons. The van der Waals surface area contributed by atoms with Crippen molar-refractivity contribution in [2.75, 3.05) is 12.0 Å². The number of carboxylic acids is 1. The molecule has 6 heteroatoms. The molecule has 0 fully saturated rings. The van der Waals surface area contributed by atoms with Gasteiger partial charge in [-0.1, -0.05) is 23.7 Å². The summed E-state index contributed by atoms with van der Waals surface area (Å²) in [5, 5.41) is 13.8. The van der Waals surface area contributed by atoms with Gasteiger partial charge in [-0.15, -0.1) is 0 Å². The molecule has 0 spiro atoms. The van der Waals surface area contributed by atoms with E-state index in [1.54, 1.807) is 0 Å². The second-order valence-corrected chi connectivity index (χ2v) is 5.17. The van der Waals surface area contributed by atoms with Crippen LogP contribution in [0.15, 0.2) is 47.6 Å². The number of nitrogens with zero attached hydrogens (tertiary/aromatic N) is 1. The fourth-order valence-corrected chi connectivity index (χ4v) is 2.37. The Balaban J connectivity index is 1.89. The van der Waals surface area contributed by atoms with Gasteiger partial charge in [-0.25, -0.2) is 4.79 Å². The fourth-order valence-electron chi connectivity index (χ4n) is 2.21. The summed E-state index contributed by atoms with van der Waals surface area (Å²) >= 11 is 6.07. The molecule has 5 nitrogen and oxygen atoms in total. The highest BCUT2D eigenvalue weighted by atomic mass is 35.5. The molecule has 22 heavy (non-hydrogen) atoms. The number of carbonyl (C=O) groups is 1. The van der Waals surface area contributed by atoms with Crippen molar-refractivity contribution < 1.29 is 14.6 Å². The zero-order valence-corrected chi connectivity index (χ0v) is 12.3. The van der Waals surface area contributed by atoms with Gasteiger partial charge in [-0.2, -0.15) is 5.10 Å². The normalized spacial score (nSPS) is 15.0. The van der Waals surface area contributed by atoms with Gasteiger partial charge in [0.15, 0.2) is 0 Å². The van der Waals surface area contributed by atoms with Crippen LogP contribution in [0, 0.1) is 0 Å². The SMILES string of the molecule is O=C(O)c1ccc(Cl)c(NN=C2CCOc3ccccc32)c1. The van der Waals surface area contributed by atoms with Gasteiger partial charge in [0.25, 0.3) is 0 Å². The Hall–Kier alpha value is -2.53. The first-order valence-electron chi connectivity index (χ1n) is 6.73. The van der Waals surface area contributed by atoms with Gasteiger partial charge in [-0.3, -0.25) is 5.43 Å². The Morgan fingerprint density at radius 1 is 1.27 bits per heavy atom. The molecule has 3 rings (SSSR count). The predicted molar refractivity (Wildman–Crippen MR) is 85.1 cm³/mol. The summed E-state index contributed by atoms with van der Waals surface area (Å²) in [6.45, 7) is 0.556. The van der Waals surface area contributed by atoms with Gasteiger partial charge in [0, 0.05) is 12.0 Å². The first-order chi connectivity index (χ1) is 10.6. The molecule has 0 aromatic heterocycles. The summed E-state index contributed by atoms with van der Waals surface area (Å²) in [4.78, 5) is 11.0. The Morgan fingerprint density at radius 2 is 2.09 bits per heavy atom. The van der Waals surface area contributed by atoms with E-state index in [1.807, 2.05) is 24.3 Å². The molecule has 0 bridgehead atoms. The van der Waals surface area contributed by atoms with Crippen molar-refractivity contribution in [3.8, 4) is 5.75 Å². The number of nitrogens with one attached hydrogen (secondary N) is 1. The van der Waals surface area contributed by atoms with E-state index >= 15 is 0 Å². The van der Waals surface area contributed by atoms with Gasteiger partial charge >= 0.3 is 5.97 Å². The molecule has 112 valence electrons. The Kier molecular flexibility index (Phi) is 3.98. The lowest BCUT2D eigenvalue weighted by Gasteiger charge is -2.19. The van der Waals surface area contributed by atoms with E-state index < -0.39 is 5.97 Å². The average molecular weight is 317 g/mol. The molecule has 0 saturated heterocycles. The van der Waals surface area contributed by atoms with E-state index in [4.69, 9.17) is 21.4 Å². The van der Waals surface area contributed by atoms with Gasteiger partial charge in [0.2, 0.25) is 0 Å². The number of halogens is 1. The first kappa shape index (κ1) is 14.4. The lowest BCUT2D eigenvalue weighted by molar-refractivity contribution is 0.0697. The highest BCUT2D eigenvalue weighted by Gasteiger charge is 2.16. The monoisotopic (exact) mass is 316 g/mol.